The molecule has 1 amide bonds. The van der Waals surface area contributed by atoms with Gasteiger partial charge < -0.3 is 24.6 Å². The van der Waals surface area contributed by atoms with Crippen molar-refractivity contribution in [2.24, 2.45) is 4.99 Å². The molecule has 0 aromatic heterocycles. The summed E-state index contributed by atoms with van der Waals surface area (Å²) in [4.78, 5) is 31.9. The molecule has 0 saturated carbocycles. The van der Waals surface area contributed by atoms with E-state index in [1.807, 2.05) is 0 Å². The van der Waals surface area contributed by atoms with Crippen LogP contribution < -0.4 is 10.1 Å². The quantitative estimate of drug-likeness (QED) is 0.157. The van der Waals surface area contributed by atoms with Crippen LogP contribution in [0, 0.1) is 0 Å². The fraction of sp³-hybridized carbons (Fsp3) is 0.382. The third-order valence-corrected chi connectivity index (χ3v) is 7.60. The first-order chi connectivity index (χ1) is 21.7. The van der Waals surface area contributed by atoms with Crippen molar-refractivity contribution in [1.82, 2.24) is 5.32 Å². The molecule has 3 aromatic carbocycles. The van der Waals surface area contributed by atoms with Gasteiger partial charge in [-0.1, -0.05) is 40.2 Å². The van der Waals surface area contributed by atoms with Gasteiger partial charge in [-0.2, -0.15) is 13.2 Å². The van der Waals surface area contributed by atoms with E-state index in [1.165, 1.54) is 12.1 Å². The maximum absolute atomic E-state index is 14.2. The Morgan fingerprint density at radius 2 is 1.65 bits per heavy atom. The van der Waals surface area contributed by atoms with Crippen LogP contribution in [0.15, 0.2) is 82.3 Å². The molecule has 1 aliphatic heterocycles. The van der Waals surface area contributed by atoms with Gasteiger partial charge in [0.25, 0.3) is 5.91 Å². The van der Waals surface area contributed by atoms with Gasteiger partial charge in [-0.15, -0.1) is 0 Å². The largest absolute Gasteiger partial charge is 0.494 e. The Bertz CT molecular complexity index is 1520. The number of ether oxygens (including phenoxy) is 3. The van der Waals surface area contributed by atoms with Crippen molar-refractivity contribution in [3.8, 4) is 5.75 Å². The zero-order valence-electron chi connectivity index (χ0n) is 25.7. The molecule has 1 heterocycles. The third kappa shape index (κ3) is 9.10. The summed E-state index contributed by atoms with van der Waals surface area (Å²) in [5, 5.41) is 11.8. The summed E-state index contributed by atoms with van der Waals surface area (Å²) < 4.78 is 57.6. The Balaban J connectivity index is 1.70. The van der Waals surface area contributed by atoms with Gasteiger partial charge >= 0.3 is 12.1 Å². The van der Waals surface area contributed by atoms with Gasteiger partial charge in [0.2, 0.25) is 5.90 Å². The van der Waals surface area contributed by atoms with Crippen LogP contribution in [0.3, 0.4) is 0 Å². The fourth-order valence-corrected chi connectivity index (χ4v) is 5.10. The number of carbonyl (C=O) groups is 2. The zero-order valence-corrected chi connectivity index (χ0v) is 27.3. The smallest absolute Gasteiger partial charge is 0.416 e. The second-order valence-electron chi connectivity index (χ2n) is 11.8. The van der Waals surface area contributed by atoms with Crippen LogP contribution in [-0.4, -0.2) is 47.2 Å². The molecule has 46 heavy (non-hydrogen) atoms. The minimum Gasteiger partial charge on any atom is -0.494 e. The summed E-state index contributed by atoms with van der Waals surface area (Å²) in [5.41, 5.74) is -1.55. The number of carbonyl (C=O) groups excluding carboxylic acids is 2. The lowest BCUT2D eigenvalue weighted by atomic mass is 9.83. The lowest BCUT2D eigenvalue weighted by Crippen LogP contribution is -2.48. The number of aliphatic imine (C=N–C) groups is 1. The van der Waals surface area contributed by atoms with Gasteiger partial charge in [-0.05, 0) is 86.8 Å². The molecule has 2 atom stereocenters. The van der Waals surface area contributed by atoms with E-state index >= 15 is 0 Å². The van der Waals surface area contributed by atoms with Crippen molar-refractivity contribution in [2.75, 3.05) is 13.2 Å². The van der Waals surface area contributed by atoms with Crippen LogP contribution in [0.5, 0.6) is 5.75 Å². The predicted molar refractivity (Wildman–Crippen MR) is 169 cm³/mol. The molecule has 2 N–H and O–H groups in total. The van der Waals surface area contributed by atoms with Crippen molar-refractivity contribution in [2.45, 2.75) is 70.0 Å². The Hall–Kier alpha value is -3.90. The normalized spacial score (nSPS) is 18.0. The van der Waals surface area contributed by atoms with E-state index in [4.69, 9.17) is 24.3 Å². The van der Waals surface area contributed by atoms with Crippen LogP contribution in [0.1, 0.15) is 68.4 Å². The van der Waals surface area contributed by atoms with Gasteiger partial charge in [0, 0.05) is 36.0 Å². The molecule has 0 saturated heterocycles. The van der Waals surface area contributed by atoms with Crippen LogP contribution in [0.2, 0.25) is 0 Å². The minimum absolute atomic E-state index is 0.00643. The summed E-state index contributed by atoms with van der Waals surface area (Å²) in [6.45, 7) is 5.50. The summed E-state index contributed by atoms with van der Waals surface area (Å²) in [6.07, 6.45) is -5.19. The van der Waals surface area contributed by atoms with E-state index in [0.717, 1.165) is 16.6 Å². The standard InChI is InChI=1S/C34H36BrF3N2O6/c1-32(2,3)46-28(42)17-18-33(31(43)39-21-22-5-11-25(12-6-22)34(36,37)38)29(23-7-13-26(35)14-8-23)45-30(40-33)24-9-15-27(16-10-24)44-20-4-19-41/h5-16,29,41H,4,17-21H2,1-3H3,(H,39,43)/t29-,33-/m1/s1. The highest BCUT2D eigenvalue weighted by Gasteiger charge is 2.53. The number of aliphatic hydroxyl groups excluding tert-OH is 1. The van der Waals surface area contributed by atoms with Gasteiger partial charge in [0.05, 0.1) is 12.2 Å². The van der Waals surface area contributed by atoms with Crippen LogP contribution in [-0.2, 0) is 31.8 Å². The molecule has 0 fully saturated rings. The summed E-state index contributed by atoms with van der Waals surface area (Å²) in [6, 6.07) is 18.6. The van der Waals surface area contributed by atoms with Gasteiger partial charge in [0.15, 0.2) is 11.6 Å². The number of nitrogens with one attached hydrogen (secondary N) is 1. The van der Waals surface area contributed by atoms with E-state index in [9.17, 15) is 22.8 Å². The number of amides is 1. The molecule has 0 aliphatic carbocycles. The number of hydrogen-bond donors (Lipinski definition) is 2. The minimum atomic E-state index is -4.48. The third-order valence-electron chi connectivity index (χ3n) is 7.07. The summed E-state index contributed by atoms with van der Waals surface area (Å²) in [7, 11) is 0. The first-order valence-corrected chi connectivity index (χ1v) is 15.5. The van der Waals surface area contributed by atoms with E-state index in [2.05, 4.69) is 21.2 Å². The SMILES string of the molecule is CC(C)(C)OC(=O)CC[C@@]1(C(=O)NCc2ccc(C(F)(F)F)cc2)N=C(c2ccc(OCCCO)cc2)O[C@@H]1c1ccc(Br)cc1. The average molecular weight is 706 g/mol. The van der Waals surface area contributed by atoms with Crippen molar-refractivity contribution in [3.63, 3.8) is 0 Å². The highest BCUT2D eigenvalue weighted by Crippen LogP contribution is 2.44. The molecule has 12 heteroatoms. The summed E-state index contributed by atoms with van der Waals surface area (Å²) in [5.74, 6) is -0.345. The van der Waals surface area contributed by atoms with Gasteiger partial charge in [0.1, 0.15) is 11.4 Å². The molecular weight excluding hydrogens is 669 g/mol. The first kappa shape index (κ1) is 35.0. The fourth-order valence-electron chi connectivity index (χ4n) is 4.84. The van der Waals surface area contributed by atoms with E-state index in [1.54, 1.807) is 69.3 Å². The molecular formula is C34H36BrF3N2O6. The molecule has 0 spiro atoms. The average Bonchev–Trinajstić information content (AvgIpc) is 3.39. The molecule has 0 radical (unpaired) electrons. The van der Waals surface area contributed by atoms with Crippen LogP contribution in [0.4, 0.5) is 13.2 Å². The predicted octanol–water partition coefficient (Wildman–Crippen LogP) is 6.92. The van der Waals surface area contributed by atoms with Crippen molar-refractivity contribution in [1.29, 1.82) is 0 Å². The van der Waals surface area contributed by atoms with E-state index < -0.39 is 40.9 Å². The second-order valence-corrected chi connectivity index (χ2v) is 12.7. The maximum Gasteiger partial charge on any atom is 0.416 e. The maximum atomic E-state index is 14.2. The number of hydrogen-bond acceptors (Lipinski definition) is 7. The number of benzene rings is 3. The lowest BCUT2D eigenvalue weighted by molar-refractivity contribution is -0.155. The van der Waals surface area contributed by atoms with Crippen molar-refractivity contribution >= 4 is 33.7 Å². The number of aliphatic hydroxyl groups is 1. The Kier molecular flexibility index (Phi) is 11.2. The molecule has 246 valence electrons. The highest BCUT2D eigenvalue weighted by atomic mass is 79.9. The summed E-state index contributed by atoms with van der Waals surface area (Å²) >= 11 is 3.43. The number of esters is 1. The topological polar surface area (TPSA) is 106 Å². The zero-order chi connectivity index (χ0) is 33.5. The number of nitrogens with zero attached hydrogens (tertiary/aromatic N) is 1. The van der Waals surface area contributed by atoms with E-state index in [0.29, 0.717) is 35.5 Å². The Morgan fingerprint density at radius 3 is 2.24 bits per heavy atom. The van der Waals surface area contributed by atoms with Gasteiger partial charge in [-0.3, -0.25) is 9.59 Å². The van der Waals surface area contributed by atoms with Crippen molar-refractivity contribution in [3.05, 3.63) is 99.5 Å². The number of halogens is 4. The lowest BCUT2D eigenvalue weighted by Gasteiger charge is -2.31. The van der Waals surface area contributed by atoms with Crippen LogP contribution in [0.25, 0.3) is 0 Å². The van der Waals surface area contributed by atoms with Crippen LogP contribution >= 0.6 is 15.9 Å². The molecule has 8 nitrogen and oxygen atoms in total. The van der Waals surface area contributed by atoms with Crippen molar-refractivity contribution < 1.29 is 42.1 Å². The van der Waals surface area contributed by atoms with E-state index in [-0.39, 0.29) is 31.9 Å². The molecule has 0 bridgehead atoms. The number of rotatable bonds is 12. The molecule has 3 aromatic rings. The molecule has 0 unspecified atom stereocenters. The second kappa shape index (κ2) is 14.7. The Labute approximate surface area is 274 Å². The monoisotopic (exact) mass is 704 g/mol. The molecule has 4 rings (SSSR count). The first-order valence-electron chi connectivity index (χ1n) is 14.7. The highest BCUT2D eigenvalue weighted by molar-refractivity contribution is 9.10. The van der Waals surface area contributed by atoms with Gasteiger partial charge in [-0.25, -0.2) is 4.99 Å². The number of alkyl halides is 3. The Morgan fingerprint density at radius 1 is 1.00 bits per heavy atom. The molecule has 1 aliphatic rings.